The maximum Gasteiger partial charge on any atom is 0.269 e. The molecule has 0 unspecified atom stereocenters. The van der Waals surface area contributed by atoms with Gasteiger partial charge < -0.3 is 4.57 Å². The van der Waals surface area contributed by atoms with Crippen molar-refractivity contribution in [3.05, 3.63) is 38.9 Å². The van der Waals surface area contributed by atoms with Gasteiger partial charge in [-0.15, -0.1) is 22.7 Å². The fraction of sp³-hybridized carbons (Fsp3) is 0.353. The molecule has 0 saturated carbocycles. The van der Waals surface area contributed by atoms with Crippen molar-refractivity contribution in [2.45, 2.75) is 40.7 Å². The highest BCUT2D eigenvalue weighted by atomic mass is 32.1. The highest BCUT2D eigenvalue weighted by molar-refractivity contribution is 7.14. The smallest absolute Gasteiger partial charge is 0.269 e. The lowest BCUT2D eigenvalue weighted by Crippen LogP contribution is -2.11. The van der Waals surface area contributed by atoms with E-state index in [1.807, 2.05) is 12.3 Å². The summed E-state index contributed by atoms with van der Waals surface area (Å²) in [6.07, 6.45) is 1.10. The molecule has 3 aromatic heterocycles. The van der Waals surface area contributed by atoms with Gasteiger partial charge in [-0.25, -0.2) is 9.97 Å². The summed E-state index contributed by atoms with van der Waals surface area (Å²) in [5, 5.41) is 5.48. The van der Waals surface area contributed by atoms with Gasteiger partial charge in [0.15, 0.2) is 5.13 Å². The van der Waals surface area contributed by atoms with Crippen molar-refractivity contribution >= 4 is 33.7 Å². The normalized spacial score (nSPS) is 11.0. The van der Waals surface area contributed by atoms with Crippen molar-refractivity contribution in [1.82, 2.24) is 14.5 Å². The maximum atomic E-state index is 12.3. The molecule has 1 N–H and O–H groups in total. The Morgan fingerprint density at radius 2 is 2.08 bits per heavy atom. The molecule has 0 aromatic carbocycles. The van der Waals surface area contributed by atoms with E-state index in [2.05, 4.69) is 46.7 Å². The molecule has 0 bridgehead atoms. The molecular weight excluding hydrogens is 340 g/mol. The molecule has 0 aliphatic rings. The Bertz CT molecular complexity index is 875. The summed E-state index contributed by atoms with van der Waals surface area (Å²) >= 11 is 2.79. The Hall–Kier alpha value is -1.99. The first-order valence-electron chi connectivity index (χ1n) is 7.85. The van der Waals surface area contributed by atoms with Crippen LogP contribution in [0.3, 0.4) is 0 Å². The number of hydrogen-bond acceptors (Lipinski definition) is 5. The number of nitrogens with one attached hydrogen (secondary N) is 1. The van der Waals surface area contributed by atoms with Crippen LogP contribution < -0.4 is 5.32 Å². The lowest BCUT2D eigenvalue weighted by Gasteiger charge is -2.07. The maximum absolute atomic E-state index is 12.3. The van der Waals surface area contributed by atoms with Gasteiger partial charge >= 0.3 is 0 Å². The fourth-order valence-electron chi connectivity index (χ4n) is 2.76. The van der Waals surface area contributed by atoms with Crippen LogP contribution in [0.1, 0.15) is 40.1 Å². The van der Waals surface area contributed by atoms with Gasteiger partial charge in [0.1, 0.15) is 4.88 Å². The van der Waals surface area contributed by atoms with Gasteiger partial charge in [-0.05, 0) is 33.3 Å². The van der Waals surface area contributed by atoms with E-state index >= 15 is 0 Å². The quantitative estimate of drug-likeness (QED) is 0.720. The van der Waals surface area contributed by atoms with E-state index in [9.17, 15) is 4.79 Å². The fourth-order valence-corrected chi connectivity index (χ4v) is 4.16. The predicted molar refractivity (Wildman–Crippen MR) is 100 cm³/mol. The Morgan fingerprint density at radius 1 is 1.29 bits per heavy atom. The van der Waals surface area contributed by atoms with Gasteiger partial charge in [-0.2, -0.15) is 0 Å². The van der Waals surface area contributed by atoms with E-state index in [0.29, 0.717) is 10.0 Å². The van der Waals surface area contributed by atoms with E-state index in [1.54, 1.807) is 5.51 Å². The minimum atomic E-state index is -0.146. The summed E-state index contributed by atoms with van der Waals surface area (Å²) < 4.78 is 2.31. The van der Waals surface area contributed by atoms with Gasteiger partial charge in [0.05, 0.1) is 16.9 Å². The van der Waals surface area contributed by atoms with E-state index in [0.717, 1.165) is 29.9 Å². The number of amides is 1. The third-order valence-corrected chi connectivity index (χ3v) is 5.66. The Kier molecular flexibility index (Phi) is 4.82. The van der Waals surface area contributed by atoms with Crippen LogP contribution in [-0.2, 0) is 6.54 Å². The average molecular weight is 361 g/mol. The third-order valence-electron chi connectivity index (χ3n) is 3.97. The molecule has 0 spiro atoms. The topological polar surface area (TPSA) is 59.8 Å². The van der Waals surface area contributed by atoms with E-state index in [-0.39, 0.29) is 5.91 Å². The van der Waals surface area contributed by atoms with Crippen LogP contribution >= 0.6 is 22.7 Å². The number of nitrogens with zero attached hydrogens (tertiary/aromatic N) is 3. The zero-order valence-corrected chi connectivity index (χ0v) is 15.8. The average Bonchev–Trinajstić information content (AvgIpc) is 3.23. The van der Waals surface area contributed by atoms with Crippen molar-refractivity contribution in [3.8, 4) is 11.3 Å². The second kappa shape index (κ2) is 6.86. The summed E-state index contributed by atoms with van der Waals surface area (Å²) in [6.45, 7) is 9.26. The first-order chi connectivity index (χ1) is 11.5. The molecule has 3 rings (SSSR count). The van der Waals surface area contributed by atoms with Crippen molar-refractivity contribution < 1.29 is 4.79 Å². The molecule has 0 saturated heterocycles. The second-order valence-electron chi connectivity index (χ2n) is 5.70. The Balaban J connectivity index is 1.82. The number of thiazole rings is 2. The summed E-state index contributed by atoms with van der Waals surface area (Å²) in [4.78, 5) is 21.6. The number of aryl methyl sites for hydroxylation is 2. The van der Waals surface area contributed by atoms with Crippen molar-refractivity contribution in [2.75, 3.05) is 5.32 Å². The highest BCUT2D eigenvalue weighted by Gasteiger charge is 2.16. The molecule has 5 nitrogen and oxygen atoms in total. The molecule has 0 aliphatic carbocycles. The molecular formula is C17H20N4OS2. The van der Waals surface area contributed by atoms with Crippen LogP contribution in [0.5, 0.6) is 0 Å². The summed E-state index contributed by atoms with van der Waals surface area (Å²) in [6, 6.07) is 2.17. The third kappa shape index (κ3) is 3.14. The monoisotopic (exact) mass is 360 g/mol. The lowest BCUT2D eigenvalue weighted by atomic mass is 10.2. The minimum absolute atomic E-state index is 0.146. The first-order valence-corrected chi connectivity index (χ1v) is 9.61. The Morgan fingerprint density at radius 3 is 2.75 bits per heavy atom. The zero-order valence-electron chi connectivity index (χ0n) is 14.2. The summed E-state index contributed by atoms with van der Waals surface area (Å²) in [7, 11) is 0. The van der Waals surface area contributed by atoms with Gasteiger partial charge in [-0.1, -0.05) is 6.92 Å². The molecule has 3 heterocycles. The SMILES string of the molecule is CCCn1c(C)cc(-c2csc(NC(=O)c3scnc3C)n2)c1C. The first kappa shape index (κ1) is 16.9. The largest absolute Gasteiger partial charge is 0.348 e. The zero-order chi connectivity index (χ0) is 17.3. The van der Waals surface area contributed by atoms with E-state index in [1.165, 1.54) is 34.1 Å². The summed E-state index contributed by atoms with van der Waals surface area (Å²) in [5.74, 6) is -0.146. The lowest BCUT2D eigenvalue weighted by molar-refractivity contribution is 0.103. The number of anilines is 1. The molecule has 0 atom stereocenters. The van der Waals surface area contributed by atoms with Crippen LogP contribution in [-0.4, -0.2) is 20.4 Å². The van der Waals surface area contributed by atoms with Crippen molar-refractivity contribution in [1.29, 1.82) is 0 Å². The number of hydrogen-bond donors (Lipinski definition) is 1. The second-order valence-corrected chi connectivity index (χ2v) is 7.41. The van der Waals surface area contributed by atoms with Crippen LogP contribution in [0.25, 0.3) is 11.3 Å². The van der Waals surface area contributed by atoms with Crippen LogP contribution in [0.2, 0.25) is 0 Å². The molecule has 7 heteroatoms. The number of carbonyl (C=O) groups excluding carboxylic acids is 1. The van der Waals surface area contributed by atoms with Gasteiger partial charge in [0.2, 0.25) is 0 Å². The number of rotatable bonds is 5. The van der Waals surface area contributed by atoms with Gasteiger partial charge in [0, 0.05) is 28.9 Å². The van der Waals surface area contributed by atoms with Crippen molar-refractivity contribution in [3.63, 3.8) is 0 Å². The molecule has 0 fully saturated rings. The molecule has 3 aromatic rings. The van der Waals surface area contributed by atoms with Gasteiger partial charge in [-0.3, -0.25) is 10.1 Å². The molecule has 126 valence electrons. The van der Waals surface area contributed by atoms with Crippen molar-refractivity contribution in [2.24, 2.45) is 0 Å². The molecule has 24 heavy (non-hydrogen) atoms. The van der Waals surface area contributed by atoms with Crippen LogP contribution in [0.15, 0.2) is 17.0 Å². The molecule has 0 aliphatic heterocycles. The molecule has 0 radical (unpaired) electrons. The number of aromatic nitrogens is 3. The summed E-state index contributed by atoms with van der Waals surface area (Å²) in [5.41, 5.74) is 6.93. The predicted octanol–water partition coefficient (Wildman–Crippen LogP) is 4.66. The van der Waals surface area contributed by atoms with E-state index < -0.39 is 0 Å². The standard InChI is InChI=1S/C17H20N4OS2/c1-5-6-21-10(2)7-13(12(21)4)14-8-23-17(19-14)20-16(22)15-11(3)18-9-24-15/h7-9H,5-6H2,1-4H3,(H,19,20,22). The minimum Gasteiger partial charge on any atom is -0.348 e. The van der Waals surface area contributed by atoms with Crippen LogP contribution in [0.4, 0.5) is 5.13 Å². The number of carbonyl (C=O) groups is 1. The van der Waals surface area contributed by atoms with E-state index in [4.69, 9.17) is 0 Å². The molecule has 1 amide bonds. The highest BCUT2D eigenvalue weighted by Crippen LogP contribution is 2.30. The van der Waals surface area contributed by atoms with Gasteiger partial charge in [0.25, 0.3) is 5.91 Å². The van der Waals surface area contributed by atoms with Crippen LogP contribution in [0, 0.1) is 20.8 Å². The Labute approximate surface area is 149 Å².